The first-order valence-electron chi connectivity index (χ1n) is 8.88. The largest absolute Gasteiger partial charge is 0.448 e. The summed E-state index contributed by atoms with van der Waals surface area (Å²) in [5.74, 6) is -0.783. The molecule has 0 unspecified atom stereocenters. The van der Waals surface area contributed by atoms with Gasteiger partial charge in [-0.05, 0) is 51.2 Å². The smallest absolute Gasteiger partial charge is 0.355 e. The maximum Gasteiger partial charge on any atom is 0.355 e. The predicted octanol–water partition coefficient (Wildman–Crippen LogP) is 3.72. The monoisotopic (exact) mass is 340 g/mol. The van der Waals surface area contributed by atoms with Crippen LogP contribution < -0.4 is 5.32 Å². The van der Waals surface area contributed by atoms with Crippen LogP contribution in [-0.2, 0) is 9.53 Å². The molecule has 3 rings (SSSR count). The molecule has 1 aliphatic carbocycles. The second-order valence-corrected chi connectivity index (χ2v) is 6.47. The second kappa shape index (κ2) is 8.01. The highest BCUT2D eigenvalue weighted by molar-refractivity contribution is 5.96. The number of hydrogen-bond acceptors (Lipinski definition) is 3. The molecule has 1 heterocycles. The lowest BCUT2D eigenvalue weighted by atomic mass is 9.97. The normalized spacial score (nSPS) is 15.5. The summed E-state index contributed by atoms with van der Waals surface area (Å²) in [7, 11) is 0. The van der Waals surface area contributed by atoms with E-state index in [4.69, 9.17) is 4.74 Å². The highest BCUT2D eigenvalue weighted by atomic mass is 16.5. The van der Waals surface area contributed by atoms with Crippen LogP contribution in [0.1, 0.15) is 49.5 Å². The van der Waals surface area contributed by atoms with Crippen LogP contribution in [0.15, 0.2) is 42.0 Å². The third-order valence-electron chi connectivity index (χ3n) is 4.53. The Labute approximate surface area is 147 Å². The number of rotatable bonds is 6. The van der Waals surface area contributed by atoms with Crippen LogP contribution in [0, 0.1) is 0 Å². The summed E-state index contributed by atoms with van der Waals surface area (Å²) in [6, 6.07) is 9.34. The first kappa shape index (κ1) is 17.3. The molecule has 2 aromatic rings. The number of para-hydroxylation sites is 1. The summed E-state index contributed by atoms with van der Waals surface area (Å²) in [6.07, 6.45) is 7.08. The van der Waals surface area contributed by atoms with E-state index in [1.54, 1.807) is 13.0 Å². The molecule has 1 aromatic carbocycles. The van der Waals surface area contributed by atoms with Gasteiger partial charge in [-0.25, -0.2) is 4.79 Å². The zero-order valence-corrected chi connectivity index (χ0v) is 14.5. The minimum absolute atomic E-state index is 0.263. The van der Waals surface area contributed by atoms with Crippen molar-refractivity contribution in [3.63, 3.8) is 0 Å². The molecule has 1 aliphatic rings. The van der Waals surface area contributed by atoms with Crippen molar-refractivity contribution in [1.82, 2.24) is 10.3 Å². The summed E-state index contributed by atoms with van der Waals surface area (Å²) in [4.78, 5) is 27.3. The Morgan fingerprint density at radius 2 is 2.12 bits per heavy atom. The minimum Gasteiger partial charge on any atom is -0.448 e. The van der Waals surface area contributed by atoms with Crippen molar-refractivity contribution in [3.8, 4) is 0 Å². The lowest BCUT2D eigenvalue weighted by molar-refractivity contribution is -0.129. The summed E-state index contributed by atoms with van der Waals surface area (Å²) in [5.41, 5.74) is 2.63. The Morgan fingerprint density at radius 3 is 2.88 bits per heavy atom. The van der Waals surface area contributed by atoms with Gasteiger partial charge in [0.05, 0.1) is 0 Å². The molecule has 132 valence electrons. The molecule has 1 aromatic heterocycles. The Hall–Kier alpha value is -2.56. The number of amides is 1. The van der Waals surface area contributed by atoms with Crippen LogP contribution in [0.2, 0.25) is 0 Å². The number of H-pyrrole nitrogens is 1. The molecule has 0 aliphatic heterocycles. The lowest BCUT2D eigenvalue weighted by Crippen LogP contribution is -2.36. The van der Waals surface area contributed by atoms with Gasteiger partial charge in [0.1, 0.15) is 5.69 Å². The minimum atomic E-state index is -0.820. The maximum atomic E-state index is 12.2. The zero-order chi connectivity index (χ0) is 17.6. The van der Waals surface area contributed by atoms with Crippen LogP contribution in [0.4, 0.5) is 0 Å². The highest BCUT2D eigenvalue weighted by Crippen LogP contribution is 2.19. The molecule has 0 fully saturated rings. The van der Waals surface area contributed by atoms with Gasteiger partial charge >= 0.3 is 5.97 Å². The van der Waals surface area contributed by atoms with Crippen molar-refractivity contribution in [2.75, 3.05) is 6.54 Å². The average Bonchev–Trinajstić information content (AvgIpc) is 3.07. The number of carbonyl (C=O) groups excluding carboxylic acids is 2. The van der Waals surface area contributed by atoms with Gasteiger partial charge in [-0.2, -0.15) is 0 Å². The highest BCUT2D eigenvalue weighted by Gasteiger charge is 2.20. The number of ether oxygens (including phenoxy) is 1. The molecule has 2 N–H and O–H groups in total. The van der Waals surface area contributed by atoms with Crippen molar-refractivity contribution in [3.05, 3.63) is 47.7 Å². The number of aromatic nitrogens is 1. The van der Waals surface area contributed by atoms with Gasteiger partial charge in [-0.1, -0.05) is 29.8 Å². The summed E-state index contributed by atoms with van der Waals surface area (Å²) in [6.45, 7) is 2.18. The third-order valence-corrected chi connectivity index (χ3v) is 4.53. The van der Waals surface area contributed by atoms with E-state index >= 15 is 0 Å². The van der Waals surface area contributed by atoms with Crippen molar-refractivity contribution in [1.29, 1.82) is 0 Å². The Balaban J connectivity index is 1.48. The lowest BCUT2D eigenvalue weighted by Gasteiger charge is -2.15. The summed E-state index contributed by atoms with van der Waals surface area (Å²) >= 11 is 0. The molecule has 0 saturated heterocycles. The second-order valence-electron chi connectivity index (χ2n) is 6.47. The van der Waals surface area contributed by atoms with Crippen molar-refractivity contribution in [2.45, 2.75) is 45.1 Å². The number of aromatic amines is 1. The molecule has 0 radical (unpaired) electrons. The number of allylic oxidation sites excluding steroid dienone is 1. The Morgan fingerprint density at radius 1 is 1.28 bits per heavy atom. The zero-order valence-electron chi connectivity index (χ0n) is 14.5. The van der Waals surface area contributed by atoms with Crippen molar-refractivity contribution < 1.29 is 14.3 Å². The summed E-state index contributed by atoms with van der Waals surface area (Å²) in [5, 5.41) is 3.78. The molecule has 5 heteroatoms. The van der Waals surface area contributed by atoms with E-state index in [0.717, 1.165) is 30.2 Å². The van der Waals surface area contributed by atoms with Crippen LogP contribution in [0.5, 0.6) is 0 Å². The molecule has 5 nitrogen and oxygen atoms in total. The van der Waals surface area contributed by atoms with Crippen LogP contribution >= 0.6 is 0 Å². The van der Waals surface area contributed by atoms with Gasteiger partial charge in [0.25, 0.3) is 5.91 Å². The van der Waals surface area contributed by atoms with Crippen LogP contribution in [0.25, 0.3) is 10.9 Å². The molecule has 0 saturated carbocycles. The van der Waals surface area contributed by atoms with Gasteiger partial charge in [0.15, 0.2) is 6.10 Å². The van der Waals surface area contributed by atoms with Gasteiger partial charge < -0.3 is 15.0 Å². The van der Waals surface area contributed by atoms with Crippen molar-refractivity contribution in [2.24, 2.45) is 0 Å². The van der Waals surface area contributed by atoms with Crippen molar-refractivity contribution >= 4 is 22.8 Å². The topological polar surface area (TPSA) is 71.2 Å². The van der Waals surface area contributed by atoms with E-state index in [2.05, 4.69) is 16.4 Å². The number of hydrogen-bond donors (Lipinski definition) is 2. The van der Waals surface area contributed by atoms with E-state index < -0.39 is 12.1 Å². The first-order valence-corrected chi connectivity index (χ1v) is 8.88. The Bertz CT molecular complexity index is 758. The standard InChI is InChI=1S/C20H24N2O3/c1-14(19(23)21-12-11-15-7-3-2-4-8-15)25-20(24)18-13-16-9-5-6-10-17(16)22-18/h5-7,9-10,13-14,22H,2-4,8,11-12H2,1H3,(H,21,23)/t14-/m1/s1. The quantitative estimate of drug-likeness (QED) is 0.622. The average molecular weight is 340 g/mol. The van der Waals surface area contributed by atoms with E-state index in [1.807, 2.05) is 24.3 Å². The fourth-order valence-corrected chi connectivity index (χ4v) is 3.08. The molecule has 0 bridgehead atoms. The number of fused-ring (bicyclic) bond motifs is 1. The van der Waals surface area contributed by atoms with Gasteiger partial charge in [-0.15, -0.1) is 0 Å². The van der Waals surface area contributed by atoms with Gasteiger partial charge in [-0.3, -0.25) is 4.79 Å². The molecular weight excluding hydrogens is 316 g/mol. The van der Waals surface area contributed by atoms with E-state index in [1.165, 1.54) is 18.4 Å². The first-order chi connectivity index (χ1) is 12.1. The van der Waals surface area contributed by atoms with Crippen LogP contribution in [-0.4, -0.2) is 29.5 Å². The van der Waals surface area contributed by atoms with E-state index in [0.29, 0.717) is 12.2 Å². The van der Waals surface area contributed by atoms with E-state index in [-0.39, 0.29) is 5.91 Å². The number of carbonyl (C=O) groups is 2. The Kier molecular flexibility index (Phi) is 5.53. The third kappa shape index (κ3) is 4.50. The van der Waals surface area contributed by atoms with Gasteiger partial charge in [0.2, 0.25) is 0 Å². The van der Waals surface area contributed by atoms with E-state index in [9.17, 15) is 9.59 Å². The SMILES string of the molecule is C[C@@H](OC(=O)c1cc2ccccc2[nH]1)C(=O)NCCC1=CCCCC1. The molecule has 0 spiro atoms. The predicted molar refractivity (Wildman–Crippen MR) is 97.4 cm³/mol. The molecule has 1 amide bonds. The van der Waals surface area contributed by atoms with Gasteiger partial charge in [0, 0.05) is 17.4 Å². The fraction of sp³-hybridized carbons (Fsp3) is 0.400. The molecule has 1 atom stereocenters. The fourth-order valence-electron chi connectivity index (χ4n) is 3.08. The van der Waals surface area contributed by atoms with Crippen LogP contribution in [0.3, 0.4) is 0 Å². The molecular formula is C20H24N2O3. The molecule has 25 heavy (non-hydrogen) atoms. The number of esters is 1. The number of nitrogens with one attached hydrogen (secondary N) is 2. The summed E-state index contributed by atoms with van der Waals surface area (Å²) < 4.78 is 5.27. The number of benzene rings is 1. The maximum absolute atomic E-state index is 12.2.